The Balaban J connectivity index is 1.30. The van der Waals surface area contributed by atoms with E-state index in [-0.39, 0.29) is 24.2 Å². The molecule has 0 aliphatic carbocycles. The number of anilines is 1. The Bertz CT molecular complexity index is 1180. The molecule has 2 fully saturated rings. The number of piperidine rings is 1. The predicted octanol–water partition coefficient (Wildman–Crippen LogP) is 4.99. The van der Waals surface area contributed by atoms with E-state index < -0.39 is 41.5 Å². The Hall–Kier alpha value is -2.94. The highest BCUT2D eigenvalue weighted by atomic mass is 19.4. The first-order chi connectivity index (χ1) is 19.2. The molecule has 0 spiro atoms. The minimum atomic E-state index is -5.95. The highest BCUT2D eigenvalue weighted by molar-refractivity contribution is 5.89. The first-order valence-corrected chi connectivity index (χ1v) is 13.0. The average Bonchev–Trinajstić information content (AvgIpc) is 3.41. The predicted molar refractivity (Wildman–Crippen MR) is 133 cm³/mol. The van der Waals surface area contributed by atoms with Gasteiger partial charge in [0.15, 0.2) is 0 Å². The van der Waals surface area contributed by atoms with E-state index in [0.29, 0.717) is 68.8 Å². The highest BCUT2D eigenvalue weighted by Gasteiger charge is 2.71. The standard InChI is InChI=1S/C27H30F7N3O4/c28-21-13-18(3-6-22(21)36-24(39)35-20-9-12-41-15-20)23(38)17-7-10-37(11-8-17)14-16-1-4-19(5-2-16)25(40,26(29,30)31)27(32,33)34/h1-6,13,17,20,23,38,40H,7-12,14-15H2,(H2,35,36,39). The van der Waals surface area contributed by atoms with Crippen molar-refractivity contribution in [2.45, 2.75) is 55.9 Å². The summed E-state index contributed by atoms with van der Waals surface area (Å²) in [6.07, 6.45) is -11.2. The molecule has 0 radical (unpaired) electrons. The fourth-order valence-corrected chi connectivity index (χ4v) is 5.11. The van der Waals surface area contributed by atoms with E-state index in [1.54, 1.807) is 0 Å². The Morgan fingerprint density at radius 1 is 1.00 bits per heavy atom. The lowest BCUT2D eigenvalue weighted by molar-refractivity contribution is -0.376. The molecule has 4 rings (SSSR count). The van der Waals surface area contributed by atoms with E-state index >= 15 is 0 Å². The van der Waals surface area contributed by atoms with Gasteiger partial charge < -0.3 is 25.6 Å². The van der Waals surface area contributed by atoms with Crippen molar-refractivity contribution in [3.05, 3.63) is 65.0 Å². The van der Waals surface area contributed by atoms with Crippen LogP contribution in [0.1, 0.15) is 42.1 Å². The molecule has 2 unspecified atom stereocenters. The molecule has 2 amide bonds. The number of alkyl halides is 6. The normalized spacial score (nSPS) is 20.2. The van der Waals surface area contributed by atoms with Crippen LogP contribution in [0.4, 0.5) is 41.2 Å². The molecule has 2 atom stereocenters. The van der Waals surface area contributed by atoms with Gasteiger partial charge >= 0.3 is 18.4 Å². The van der Waals surface area contributed by atoms with Crippen LogP contribution in [0.2, 0.25) is 0 Å². The fraction of sp³-hybridized carbons (Fsp3) is 0.519. The van der Waals surface area contributed by atoms with Gasteiger partial charge in [0.05, 0.1) is 24.4 Å². The number of nitrogens with one attached hydrogen (secondary N) is 2. The van der Waals surface area contributed by atoms with Gasteiger partial charge in [0.1, 0.15) is 5.82 Å². The van der Waals surface area contributed by atoms with E-state index in [1.165, 1.54) is 12.1 Å². The molecule has 2 aromatic carbocycles. The molecule has 2 heterocycles. The second-order valence-corrected chi connectivity index (χ2v) is 10.4. The summed E-state index contributed by atoms with van der Waals surface area (Å²) in [5.74, 6) is -0.922. The van der Waals surface area contributed by atoms with E-state index in [0.717, 1.165) is 18.2 Å². The lowest BCUT2D eigenvalue weighted by atomic mass is 9.87. The number of nitrogens with zero attached hydrogens (tertiary/aromatic N) is 1. The van der Waals surface area contributed by atoms with E-state index in [4.69, 9.17) is 4.74 Å². The van der Waals surface area contributed by atoms with Gasteiger partial charge in [0.2, 0.25) is 0 Å². The number of likely N-dealkylation sites (tertiary alicyclic amines) is 1. The Labute approximate surface area is 231 Å². The summed E-state index contributed by atoms with van der Waals surface area (Å²) in [5.41, 5.74) is -5.54. The number of halogens is 7. The number of hydrogen-bond acceptors (Lipinski definition) is 5. The van der Waals surface area contributed by atoms with Gasteiger partial charge in [0, 0.05) is 18.7 Å². The second-order valence-electron chi connectivity index (χ2n) is 10.4. The van der Waals surface area contributed by atoms with Crippen LogP contribution < -0.4 is 10.6 Å². The van der Waals surface area contributed by atoms with Gasteiger partial charge in [-0.1, -0.05) is 30.3 Å². The number of carbonyl (C=O) groups is 1. The molecule has 2 aliphatic heterocycles. The number of amides is 2. The van der Waals surface area contributed by atoms with Gasteiger partial charge in [-0.05, 0) is 61.5 Å². The SMILES string of the molecule is O=C(Nc1ccc(C(O)C2CCN(Cc3ccc(C(O)(C(F)(F)F)C(F)(F)F)cc3)CC2)cc1F)NC1CCOC1. The number of aliphatic hydroxyl groups excluding tert-OH is 1. The van der Waals surface area contributed by atoms with E-state index in [2.05, 4.69) is 10.6 Å². The molecule has 7 nitrogen and oxygen atoms in total. The largest absolute Gasteiger partial charge is 0.430 e. The summed E-state index contributed by atoms with van der Waals surface area (Å²) in [6, 6.07) is 6.81. The molecule has 0 saturated carbocycles. The van der Waals surface area contributed by atoms with E-state index in [1.807, 2.05) is 4.90 Å². The summed E-state index contributed by atoms with van der Waals surface area (Å²) in [5, 5.41) is 25.5. The van der Waals surface area contributed by atoms with Crippen LogP contribution in [0, 0.1) is 11.7 Å². The van der Waals surface area contributed by atoms with Gasteiger partial charge in [-0.3, -0.25) is 4.90 Å². The first kappa shape index (κ1) is 31.0. The zero-order valence-corrected chi connectivity index (χ0v) is 21.7. The van der Waals surface area contributed by atoms with Crippen LogP contribution >= 0.6 is 0 Å². The number of rotatable bonds is 7. The number of hydrogen-bond donors (Lipinski definition) is 4. The first-order valence-electron chi connectivity index (χ1n) is 13.0. The van der Waals surface area contributed by atoms with Gasteiger partial charge in [-0.2, -0.15) is 26.3 Å². The molecule has 2 saturated heterocycles. The minimum Gasteiger partial charge on any atom is -0.388 e. The third kappa shape index (κ3) is 6.93. The maximum atomic E-state index is 14.7. The van der Waals surface area contributed by atoms with Crippen LogP contribution in [0.25, 0.3) is 0 Å². The van der Waals surface area contributed by atoms with Gasteiger partial charge in [-0.25, -0.2) is 9.18 Å². The third-order valence-corrected chi connectivity index (χ3v) is 7.52. The lowest BCUT2D eigenvalue weighted by Crippen LogP contribution is -2.53. The average molecular weight is 594 g/mol. The number of benzene rings is 2. The summed E-state index contributed by atoms with van der Waals surface area (Å²) in [4.78, 5) is 14.0. The lowest BCUT2D eigenvalue weighted by Gasteiger charge is -2.35. The van der Waals surface area contributed by atoms with Crippen LogP contribution in [0.15, 0.2) is 42.5 Å². The molecule has 2 aliphatic rings. The highest BCUT2D eigenvalue weighted by Crippen LogP contribution is 2.50. The summed E-state index contributed by atoms with van der Waals surface area (Å²) in [6.45, 7) is 2.13. The number of ether oxygens (including phenoxy) is 1. The molecule has 2 aromatic rings. The molecular formula is C27H30F7N3O4. The Kier molecular flexibility index (Phi) is 9.16. The van der Waals surface area contributed by atoms with Crippen molar-refractivity contribution in [2.24, 2.45) is 5.92 Å². The van der Waals surface area contributed by atoms with Gasteiger partial charge in [0.25, 0.3) is 5.60 Å². The maximum Gasteiger partial charge on any atom is 0.430 e. The minimum absolute atomic E-state index is 0.0397. The van der Waals surface area contributed by atoms with Crippen LogP contribution in [-0.2, 0) is 16.9 Å². The van der Waals surface area contributed by atoms with Crippen molar-refractivity contribution in [3.63, 3.8) is 0 Å². The van der Waals surface area contributed by atoms with Crippen LogP contribution in [-0.4, -0.2) is 65.8 Å². The van der Waals surface area contributed by atoms with Crippen LogP contribution in [0.3, 0.4) is 0 Å². The topological polar surface area (TPSA) is 94.1 Å². The van der Waals surface area contributed by atoms with Crippen molar-refractivity contribution in [3.8, 4) is 0 Å². The van der Waals surface area contributed by atoms with Crippen molar-refractivity contribution in [1.29, 1.82) is 0 Å². The van der Waals surface area contributed by atoms with Crippen molar-refractivity contribution in [1.82, 2.24) is 10.2 Å². The Morgan fingerprint density at radius 2 is 1.63 bits per heavy atom. The molecule has 41 heavy (non-hydrogen) atoms. The molecule has 14 heteroatoms. The molecule has 4 N–H and O–H groups in total. The molecule has 0 aromatic heterocycles. The molecular weight excluding hydrogens is 563 g/mol. The van der Waals surface area contributed by atoms with Crippen molar-refractivity contribution >= 4 is 11.7 Å². The second kappa shape index (κ2) is 12.1. The quantitative estimate of drug-likeness (QED) is 0.340. The molecule has 0 bridgehead atoms. The molecule has 226 valence electrons. The number of aliphatic hydroxyl groups is 2. The van der Waals surface area contributed by atoms with Crippen LogP contribution in [0.5, 0.6) is 0 Å². The smallest absolute Gasteiger partial charge is 0.388 e. The summed E-state index contributed by atoms with van der Waals surface area (Å²) >= 11 is 0. The van der Waals surface area contributed by atoms with Crippen molar-refractivity contribution < 1.29 is 50.5 Å². The Morgan fingerprint density at radius 3 is 2.17 bits per heavy atom. The third-order valence-electron chi connectivity index (χ3n) is 7.52. The zero-order valence-electron chi connectivity index (χ0n) is 21.7. The van der Waals surface area contributed by atoms with E-state index in [9.17, 15) is 45.7 Å². The number of urea groups is 1. The maximum absolute atomic E-state index is 14.7. The zero-order chi connectivity index (χ0) is 30.0. The monoisotopic (exact) mass is 593 g/mol. The summed E-state index contributed by atoms with van der Waals surface area (Å²) in [7, 11) is 0. The summed E-state index contributed by atoms with van der Waals surface area (Å²) < 4.78 is 98.4. The number of carbonyl (C=O) groups excluding carboxylic acids is 1. The van der Waals surface area contributed by atoms with Crippen molar-refractivity contribution in [2.75, 3.05) is 31.6 Å². The van der Waals surface area contributed by atoms with Gasteiger partial charge in [-0.15, -0.1) is 0 Å². The fourth-order valence-electron chi connectivity index (χ4n) is 5.11.